The van der Waals surface area contributed by atoms with Crippen molar-refractivity contribution >= 4 is 52.1 Å². The van der Waals surface area contributed by atoms with E-state index in [4.69, 9.17) is 18.9 Å². The summed E-state index contributed by atoms with van der Waals surface area (Å²) in [6, 6.07) is 25.2. The SMILES string of the molecule is COc1c(NC(=O)c2ccc(NC(=O)c3ccc(NC(=O)[C@H](CC#N)CC(=O)c4ccc(CC(=O)C(C)Cc5ccc6c(c5)OCO6)cc4)cc3)c(OC)c2O)ccc(C(C)=O)c1O. The summed E-state index contributed by atoms with van der Waals surface area (Å²) in [5, 5.41) is 38.7. The maximum Gasteiger partial charge on any atom is 0.259 e. The minimum atomic E-state index is -0.981. The van der Waals surface area contributed by atoms with Crippen molar-refractivity contribution in [2.24, 2.45) is 11.8 Å². The van der Waals surface area contributed by atoms with Gasteiger partial charge in [0.05, 0.1) is 48.7 Å². The lowest BCUT2D eigenvalue weighted by molar-refractivity contribution is -0.121. The molecule has 0 bridgehead atoms. The second kappa shape index (κ2) is 20.1. The number of hydrogen-bond acceptors (Lipinski definition) is 13. The summed E-state index contributed by atoms with van der Waals surface area (Å²) >= 11 is 0. The molecule has 1 heterocycles. The summed E-state index contributed by atoms with van der Waals surface area (Å²) in [5.41, 5.74) is 2.26. The Bertz CT molecular complexity index is 2670. The fourth-order valence-corrected chi connectivity index (χ4v) is 6.98. The zero-order valence-electron chi connectivity index (χ0n) is 35.3. The number of nitrogens with zero attached hydrogens (tertiary/aromatic N) is 1. The highest BCUT2D eigenvalue weighted by molar-refractivity contribution is 6.10. The van der Waals surface area contributed by atoms with Crippen molar-refractivity contribution in [2.45, 2.75) is 39.5 Å². The number of rotatable bonds is 18. The van der Waals surface area contributed by atoms with E-state index in [9.17, 15) is 44.2 Å². The van der Waals surface area contributed by atoms with Crippen LogP contribution in [0, 0.1) is 23.2 Å². The Balaban J connectivity index is 1.02. The molecule has 0 radical (unpaired) electrons. The molecule has 2 atom stereocenters. The molecule has 1 unspecified atom stereocenters. The first kappa shape index (κ1) is 45.3. The van der Waals surface area contributed by atoms with Crippen molar-refractivity contribution < 1.29 is 57.9 Å². The Hall–Kier alpha value is -8.19. The number of fused-ring (bicyclic) bond motifs is 1. The lowest BCUT2D eigenvalue weighted by Gasteiger charge is -2.16. The average Bonchev–Trinajstić information content (AvgIpc) is 3.75. The Morgan fingerprint density at radius 2 is 1.30 bits per heavy atom. The van der Waals surface area contributed by atoms with Gasteiger partial charge in [0.15, 0.2) is 46.1 Å². The number of benzene rings is 5. The van der Waals surface area contributed by atoms with Crippen LogP contribution in [0.2, 0.25) is 0 Å². The largest absolute Gasteiger partial charge is 0.504 e. The number of carbonyl (C=O) groups is 6. The normalized spacial score (nSPS) is 12.2. The minimum Gasteiger partial charge on any atom is -0.504 e. The van der Waals surface area contributed by atoms with Gasteiger partial charge in [-0.1, -0.05) is 37.3 Å². The Kier molecular flexibility index (Phi) is 14.3. The van der Waals surface area contributed by atoms with Gasteiger partial charge in [0.2, 0.25) is 12.7 Å². The van der Waals surface area contributed by atoms with Gasteiger partial charge in [0.1, 0.15) is 5.78 Å². The Morgan fingerprint density at radius 3 is 1.92 bits per heavy atom. The highest BCUT2D eigenvalue weighted by Gasteiger charge is 2.26. The monoisotopic (exact) mass is 868 g/mol. The molecule has 0 saturated carbocycles. The van der Waals surface area contributed by atoms with Crippen LogP contribution < -0.4 is 34.9 Å². The molecule has 3 amide bonds. The van der Waals surface area contributed by atoms with E-state index in [1.54, 1.807) is 24.3 Å². The first-order valence-corrected chi connectivity index (χ1v) is 20.0. The molecular weight excluding hydrogens is 825 g/mol. The number of phenols is 2. The van der Waals surface area contributed by atoms with Crippen molar-refractivity contribution in [1.29, 1.82) is 5.26 Å². The summed E-state index contributed by atoms with van der Waals surface area (Å²) in [6.07, 6.45) is 0.237. The number of amides is 3. The van der Waals surface area contributed by atoms with Crippen molar-refractivity contribution in [3.63, 3.8) is 0 Å². The standard InChI is InChI=1S/C48H44N4O12/c1-26(21-29-7-18-40-41(23-29)64-25-63-40)38(54)22-28-5-8-30(9-6-28)39(55)24-32(19-20-49)47(59)50-33-12-10-31(11-13-33)46(58)51-36-17-15-35(43(57)45(36)62-4)48(60)52-37-16-14-34(27(2)53)42(56)44(37)61-3/h5-18,23,26,32,56-57H,19,21-22,24-25H2,1-4H3,(H,50,59)(H,51,58)(H,52,60)/t26?,32-/m1/s1. The molecule has 0 spiro atoms. The second-order valence-corrected chi connectivity index (χ2v) is 14.9. The number of anilines is 3. The highest BCUT2D eigenvalue weighted by atomic mass is 16.7. The van der Waals surface area contributed by atoms with Gasteiger partial charge in [-0.3, -0.25) is 28.8 Å². The molecule has 1 aliphatic heterocycles. The third-order valence-corrected chi connectivity index (χ3v) is 10.5. The smallest absolute Gasteiger partial charge is 0.259 e. The van der Waals surface area contributed by atoms with Crippen molar-refractivity contribution in [3.05, 3.63) is 124 Å². The molecular formula is C48H44N4O12. The number of carbonyl (C=O) groups excluding carboxylic acids is 6. The molecule has 1 aliphatic rings. The number of ketones is 3. The first-order chi connectivity index (χ1) is 30.7. The topological polar surface area (TPSA) is 240 Å². The van der Waals surface area contributed by atoms with Gasteiger partial charge < -0.3 is 45.1 Å². The fraction of sp³-hybridized carbons (Fsp3) is 0.229. The zero-order chi connectivity index (χ0) is 46.1. The lowest BCUT2D eigenvalue weighted by Crippen LogP contribution is -2.25. The highest BCUT2D eigenvalue weighted by Crippen LogP contribution is 2.41. The molecule has 0 fully saturated rings. The summed E-state index contributed by atoms with van der Waals surface area (Å²) in [4.78, 5) is 77.8. The van der Waals surface area contributed by atoms with Crippen LogP contribution in [0.5, 0.6) is 34.5 Å². The second-order valence-electron chi connectivity index (χ2n) is 14.9. The number of phenolic OH excluding ortho intramolecular Hbond substituents is 2. The third kappa shape index (κ3) is 10.5. The van der Waals surface area contributed by atoms with Crippen LogP contribution in [0.15, 0.2) is 91.0 Å². The van der Waals surface area contributed by atoms with Crippen molar-refractivity contribution in [1.82, 2.24) is 0 Å². The van der Waals surface area contributed by atoms with Crippen LogP contribution >= 0.6 is 0 Å². The lowest BCUT2D eigenvalue weighted by atomic mass is 9.91. The van der Waals surface area contributed by atoms with E-state index in [1.807, 2.05) is 31.2 Å². The molecule has 328 valence electrons. The van der Waals surface area contributed by atoms with Gasteiger partial charge in [-0.15, -0.1) is 0 Å². The van der Waals surface area contributed by atoms with Crippen LogP contribution in [0.1, 0.15) is 79.2 Å². The van der Waals surface area contributed by atoms with Gasteiger partial charge in [-0.25, -0.2) is 0 Å². The molecule has 5 N–H and O–H groups in total. The van der Waals surface area contributed by atoms with E-state index in [0.29, 0.717) is 29.2 Å². The molecule has 6 rings (SSSR count). The first-order valence-electron chi connectivity index (χ1n) is 20.0. The number of nitriles is 1. The van der Waals surface area contributed by atoms with Gasteiger partial charge >= 0.3 is 0 Å². The fourth-order valence-electron chi connectivity index (χ4n) is 6.98. The van der Waals surface area contributed by atoms with Gasteiger partial charge in [-0.2, -0.15) is 5.26 Å². The minimum absolute atomic E-state index is 0.0143. The average molecular weight is 869 g/mol. The van der Waals surface area contributed by atoms with E-state index >= 15 is 0 Å². The molecule has 5 aromatic rings. The van der Waals surface area contributed by atoms with Gasteiger partial charge in [-0.05, 0) is 85.1 Å². The number of Topliss-reactive ketones (excluding diaryl/α,β-unsaturated/α-hetero) is 3. The zero-order valence-corrected chi connectivity index (χ0v) is 35.3. The van der Waals surface area contributed by atoms with Crippen molar-refractivity contribution in [2.75, 3.05) is 37.0 Å². The van der Waals surface area contributed by atoms with Crippen LogP contribution in [-0.4, -0.2) is 66.3 Å². The van der Waals surface area contributed by atoms with Crippen LogP contribution in [0.3, 0.4) is 0 Å². The van der Waals surface area contributed by atoms with E-state index in [0.717, 1.165) is 11.1 Å². The maximum absolute atomic E-state index is 13.3. The molecule has 64 heavy (non-hydrogen) atoms. The van der Waals surface area contributed by atoms with E-state index in [1.165, 1.54) is 69.7 Å². The number of methoxy groups -OCH3 is 2. The summed E-state index contributed by atoms with van der Waals surface area (Å²) in [5.74, 6) is -4.12. The predicted octanol–water partition coefficient (Wildman–Crippen LogP) is 7.28. The summed E-state index contributed by atoms with van der Waals surface area (Å²) in [7, 11) is 2.47. The number of nitrogens with one attached hydrogen (secondary N) is 3. The van der Waals surface area contributed by atoms with Crippen LogP contribution in [-0.2, 0) is 22.4 Å². The Labute approximate surface area is 367 Å². The van der Waals surface area contributed by atoms with Crippen molar-refractivity contribution in [3.8, 4) is 40.6 Å². The van der Waals surface area contributed by atoms with Gasteiger partial charge in [0, 0.05) is 42.0 Å². The molecule has 5 aromatic carbocycles. The van der Waals surface area contributed by atoms with Crippen LogP contribution in [0.4, 0.5) is 17.1 Å². The quantitative estimate of drug-likeness (QED) is 0.0545. The van der Waals surface area contributed by atoms with E-state index in [-0.39, 0.29) is 83.1 Å². The predicted molar refractivity (Wildman–Crippen MR) is 234 cm³/mol. The molecule has 0 aromatic heterocycles. The van der Waals surface area contributed by atoms with E-state index in [2.05, 4.69) is 16.0 Å². The number of hydrogen-bond donors (Lipinski definition) is 5. The van der Waals surface area contributed by atoms with Gasteiger partial charge in [0.25, 0.3) is 11.8 Å². The number of aromatic hydroxyl groups is 2. The molecule has 16 nitrogen and oxygen atoms in total. The molecule has 0 saturated heterocycles. The number of ether oxygens (including phenoxy) is 4. The molecule has 16 heteroatoms. The summed E-state index contributed by atoms with van der Waals surface area (Å²) < 4.78 is 21.3. The summed E-state index contributed by atoms with van der Waals surface area (Å²) in [6.45, 7) is 3.30. The van der Waals surface area contributed by atoms with E-state index < -0.39 is 40.9 Å². The third-order valence-electron chi connectivity index (χ3n) is 10.5. The molecule has 0 aliphatic carbocycles. The Morgan fingerprint density at radius 1 is 0.719 bits per heavy atom. The maximum atomic E-state index is 13.3. The van der Waals surface area contributed by atoms with Crippen LogP contribution in [0.25, 0.3) is 0 Å².